The van der Waals surface area contributed by atoms with Gasteiger partial charge in [-0.25, -0.2) is 8.78 Å². The minimum absolute atomic E-state index is 0.155. The molecular formula is C17H19F2NO3. The molecule has 0 aromatic heterocycles. The van der Waals surface area contributed by atoms with Crippen LogP contribution in [0.25, 0.3) is 0 Å². The number of esters is 1. The first-order valence-corrected chi connectivity index (χ1v) is 7.69. The zero-order valence-corrected chi connectivity index (χ0v) is 13.1. The molecule has 3 aliphatic carbocycles. The Labute approximate surface area is 133 Å². The fraction of sp³-hybridized carbons (Fsp3) is 0.529. The Kier molecular flexibility index (Phi) is 3.86. The average Bonchev–Trinajstić information content (AvgIpc) is 3.01. The van der Waals surface area contributed by atoms with Crippen molar-refractivity contribution in [2.75, 3.05) is 7.11 Å². The van der Waals surface area contributed by atoms with Crippen LogP contribution in [0.3, 0.4) is 0 Å². The van der Waals surface area contributed by atoms with Crippen molar-refractivity contribution in [2.24, 2.45) is 17.3 Å². The molecule has 0 spiro atoms. The monoisotopic (exact) mass is 323 g/mol. The first-order chi connectivity index (χ1) is 10.8. The van der Waals surface area contributed by atoms with E-state index in [1.54, 1.807) is 6.92 Å². The Hall–Kier alpha value is -1.98. The lowest BCUT2D eigenvalue weighted by atomic mass is 9.68. The molecule has 0 heterocycles. The minimum atomic E-state index is -0.672. The Morgan fingerprint density at radius 1 is 1.22 bits per heavy atom. The Balaban J connectivity index is 1.67. The lowest BCUT2D eigenvalue weighted by Gasteiger charge is -2.37. The number of fused-ring (bicyclic) bond motifs is 1. The van der Waals surface area contributed by atoms with Crippen LogP contribution in [0.15, 0.2) is 18.2 Å². The highest BCUT2D eigenvalue weighted by molar-refractivity contribution is 5.87. The van der Waals surface area contributed by atoms with Crippen LogP contribution < -0.4 is 5.32 Å². The second-order valence-electron chi connectivity index (χ2n) is 6.68. The van der Waals surface area contributed by atoms with Crippen molar-refractivity contribution in [1.82, 2.24) is 5.32 Å². The van der Waals surface area contributed by atoms with E-state index >= 15 is 0 Å². The third kappa shape index (κ3) is 2.71. The number of carbonyl (C=O) groups is 2. The van der Waals surface area contributed by atoms with E-state index in [0.717, 1.165) is 6.07 Å². The van der Waals surface area contributed by atoms with Crippen molar-refractivity contribution >= 4 is 11.9 Å². The molecule has 1 aromatic carbocycles. The highest BCUT2D eigenvalue weighted by atomic mass is 19.1. The average molecular weight is 323 g/mol. The first-order valence-electron chi connectivity index (χ1n) is 7.69. The third-order valence-electron chi connectivity index (χ3n) is 5.20. The van der Waals surface area contributed by atoms with E-state index in [0.29, 0.717) is 24.8 Å². The number of hydrogen-bond donors (Lipinski definition) is 1. The molecule has 0 aliphatic heterocycles. The fourth-order valence-corrected chi connectivity index (χ4v) is 3.95. The summed E-state index contributed by atoms with van der Waals surface area (Å²) in [5.74, 6) is -1.77. The largest absolute Gasteiger partial charge is 0.469 e. The van der Waals surface area contributed by atoms with E-state index < -0.39 is 23.1 Å². The Bertz CT molecular complexity index is 635. The predicted octanol–water partition coefficient (Wildman–Crippen LogP) is 2.73. The molecule has 4 rings (SSSR count). The number of benzene rings is 1. The number of amides is 1. The SMILES string of the molecule is COC(=O)C1CC2(C(=O)N[C@@H](C)c3cc(F)cc(F)c3)CC1C2. The Morgan fingerprint density at radius 2 is 1.83 bits per heavy atom. The molecule has 0 saturated heterocycles. The molecule has 1 aromatic rings. The van der Waals surface area contributed by atoms with Gasteiger partial charge in [0, 0.05) is 6.07 Å². The second-order valence-corrected chi connectivity index (χ2v) is 6.68. The maximum Gasteiger partial charge on any atom is 0.308 e. The van der Waals surface area contributed by atoms with Crippen LogP contribution in [-0.4, -0.2) is 19.0 Å². The molecule has 3 fully saturated rings. The summed E-state index contributed by atoms with van der Waals surface area (Å²) in [6.07, 6.45) is 1.83. The van der Waals surface area contributed by atoms with Crippen LogP contribution in [0.4, 0.5) is 8.78 Å². The fourth-order valence-electron chi connectivity index (χ4n) is 3.95. The van der Waals surface area contributed by atoms with Gasteiger partial charge in [-0.3, -0.25) is 9.59 Å². The first kappa shape index (κ1) is 15.9. The second kappa shape index (κ2) is 5.58. The number of rotatable bonds is 4. The lowest BCUT2D eigenvalue weighted by molar-refractivity contribution is -0.146. The van der Waals surface area contributed by atoms with Crippen LogP contribution in [0, 0.1) is 28.9 Å². The van der Waals surface area contributed by atoms with E-state index in [2.05, 4.69) is 5.32 Å². The van der Waals surface area contributed by atoms with Crippen LogP contribution in [0.5, 0.6) is 0 Å². The molecule has 0 radical (unpaired) electrons. The van der Waals surface area contributed by atoms with Crippen molar-refractivity contribution in [2.45, 2.75) is 32.2 Å². The maximum absolute atomic E-state index is 13.3. The molecule has 6 heteroatoms. The molecule has 3 aliphatic rings. The zero-order valence-electron chi connectivity index (χ0n) is 13.1. The summed E-state index contributed by atoms with van der Waals surface area (Å²) in [7, 11) is 1.35. The van der Waals surface area contributed by atoms with E-state index in [9.17, 15) is 18.4 Å². The van der Waals surface area contributed by atoms with Gasteiger partial charge in [0.1, 0.15) is 11.6 Å². The summed E-state index contributed by atoms with van der Waals surface area (Å²) in [5, 5.41) is 2.82. The number of hydrogen-bond acceptors (Lipinski definition) is 3. The summed E-state index contributed by atoms with van der Waals surface area (Å²) >= 11 is 0. The van der Waals surface area contributed by atoms with Crippen molar-refractivity contribution in [1.29, 1.82) is 0 Å². The molecule has 2 atom stereocenters. The summed E-state index contributed by atoms with van der Waals surface area (Å²) < 4.78 is 31.3. The van der Waals surface area contributed by atoms with E-state index in [1.807, 2.05) is 0 Å². The van der Waals surface area contributed by atoms with Gasteiger partial charge in [-0.2, -0.15) is 0 Å². The molecule has 1 unspecified atom stereocenters. The number of halogens is 2. The zero-order chi connectivity index (χ0) is 16.8. The van der Waals surface area contributed by atoms with Crippen molar-refractivity contribution in [3.8, 4) is 0 Å². The van der Waals surface area contributed by atoms with Gasteiger partial charge < -0.3 is 10.1 Å². The van der Waals surface area contributed by atoms with Gasteiger partial charge in [0.25, 0.3) is 0 Å². The Morgan fingerprint density at radius 3 is 2.39 bits per heavy atom. The lowest BCUT2D eigenvalue weighted by Crippen LogP contribution is -2.45. The van der Waals surface area contributed by atoms with Crippen molar-refractivity contribution in [3.05, 3.63) is 35.4 Å². The quantitative estimate of drug-likeness (QED) is 0.867. The highest BCUT2D eigenvalue weighted by Crippen LogP contribution is 2.62. The van der Waals surface area contributed by atoms with Crippen molar-refractivity contribution < 1.29 is 23.1 Å². The van der Waals surface area contributed by atoms with Gasteiger partial charge in [-0.1, -0.05) is 0 Å². The van der Waals surface area contributed by atoms with Crippen LogP contribution in [0.2, 0.25) is 0 Å². The van der Waals surface area contributed by atoms with Gasteiger partial charge in [-0.15, -0.1) is 0 Å². The van der Waals surface area contributed by atoms with Crippen LogP contribution in [-0.2, 0) is 14.3 Å². The van der Waals surface area contributed by atoms with E-state index in [4.69, 9.17) is 4.74 Å². The molecule has 23 heavy (non-hydrogen) atoms. The van der Waals surface area contributed by atoms with Gasteiger partial charge >= 0.3 is 5.97 Å². The van der Waals surface area contributed by atoms with Crippen molar-refractivity contribution in [3.63, 3.8) is 0 Å². The molecule has 4 nitrogen and oxygen atoms in total. The number of nitrogens with one attached hydrogen (secondary N) is 1. The minimum Gasteiger partial charge on any atom is -0.469 e. The number of methoxy groups -OCH3 is 1. The summed E-state index contributed by atoms with van der Waals surface area (Å²) in [6.45, 7) is 1.69. The third-order valence-corrected chi connectivity index (χ3v) is 5.20. The van der Waals surface area contributed by atoms with Gasteiger partial charge in [-0.05, 0) is 49.8 Å². The molecular weight excluding hydrogens is 304 g/mol. The highest BCUT2D eigenvalue weighted by Gasteiger charge is 2.62. The van der Waals surface area contributed by atoms with Crippen LogP contribution in [0.1, 0.15) is 37.8 Å². The smallest absolute Gasteiger partial charge is 0.308 e. The maximum atomic E-state index is 13.3. The molecule has 124 valence electrons. The summed E-state index contributed by atoms with van der Waals surface area (Å²) in [4.78, 5) is 24.3. The number of ether oxygens (including phenoxy) is 1. The van der Waals surface area contributed by atoms with Gasteiger partial charge in [0.15, 0.2) is 0 Å². The number of carbonyl (C=O) groups excluding carboxylic acids is 2. The molecule has 1 N–H and O–H groups in total. The summed E-state index contributed by atoms with van der Waals surface area (Å²) in [6, 6.07) is 2.71. The van der Waals surface area contributed by atoms with Gasteiger partial charge in [0.2, 0.25) is 5.91 Å². The topological polar surface area (TPSA) is 55.4 Å². The molecule has 3 saturated carbocycles. The van der Waals surface area contributed by atoms with E-state index in [1.165, 1.54) is 19.2 Å². The summed E-state index contributed by atoms with van der Waals surface area (Å²) in [5.41, 5.74) is -0.158. The van der Waals surface area contributed by atoms with E-state index in [-0.39, 0.29) is 23.7 Å². The normalized spacial score (nSPS) is 29.6. The standard InChI is InChI=1S/C17H19F2NO3/c1-9(10-3-12(18)5-13(19)4-10)20-16(22)17-6-11(7-17)14(8-17)15(21)23-2/h3-5,9,11,14H,6-8H2,1-2H3,(H,20,22)/t9-,11?,14?,17?/m0/s1. The predicted molar refractivity (Wildman–Crippen MR) is 78.2 cm³/mol. The van der Waals surface area contributed by atoms with Crippen LogP contribution >= 0.6 is 0 Å². The molecule has 2 bridgehead atoms. The van der Waals surface area contributed by atoms with Gasteiger partial charge in [0.05, 0.1) is 24.5 Å². The molecule has 1 amide bonds.